The number of ether oxygens (including phenoxy) is 1. The Bertz CT molecular complexity index is 920. The number of amides is 1. The van der Waals surface area contributed by atoms with E-state index in [0.717, 1.165) is 12.0 Å². The summed E-state index contributed by atoms with van der Waals surface area (Å²) in [6.07, 6.45) is 2.56. The molecule has 0 spiro atoms. The maximum atomic E-state index is 12.9. The molecule has 0 bridgehead atoms. The zero-order valence-electron chi connectivity index (χ0n) is 16.5. The van der Waals surface area contributed by atoms with Crippen LogP contribution >= 0.6 is 0 Å². The van der Waals surface area contributed by atoms with Crippen molar-refractivity contribution in [2.75, 3.05) is 6.61 Å². The molecule has 2 unspecified atom stereocenters. The maximum absolute atomic E-state index is 12.9. The molecular weight excluding hydrogens is 356 g/mol. The number of Topliss-reactive ketones (excluding diaryl/α,β-unsaturated/α-hetero) is 1. The van der Waals surface area contributed by atoms with Crippen LogP contribution in [-0.2, 0) is 4.74 Å². The van der Waals surface area contributed by atoms with E-state index in [4.69, 9.17) is 4.74 Å². The molecule has 6 nitrogen and oxygen atoms in total. The minimum Gasteiger partial charge on any atom is -0.376 e. The highest BCUT2D eigenvalue weighted by Crippen LogP contribution is 2.25. The van der Waals surface area contributed by atoms with Crippen molar-refractivity contribution in [2.45, 2.75) is 51.8 Å². The number of ketones is 1. The molecule has 0 saturated heterocycles. The highest BCUT2D eigenvalue weighted by atomic mass is 16.5. The molecule has 2 aromatic rings. The van der Waals surface area contributed by atoms with Crippen LogP contribution in [0, 0.1) is 0 Å². The second-order valence-electron chi connectivity index (χ2n) is 7.03. The minimum absolute atomic E-state index is 0.0234. The standard InChI is InChI=1S/C22H26N2O4/c1-4-19(25)17-11-16(21(26)23-18-12-20(18)28-5-2)13-24(22(17)27)14(3)15-9-7-6-8-10-15/h6-11,13-14,18,20H,4-5,12H2,1-3H3,(H,23,26)/t14-,18?,20?/m1/s1. The predicted molar refractivity (Wildman–Crippen MR) is 107 cm³/mol. The highest BCUT2D eigenvalue weighted by Gasteiger charge is 2.39. The Morgan fingerprint density at radius 1 is 1.25 bits per heavy atom. The zero-order chi connectivity index (χ0) is 20.3. The third kappa shape index (κ3) is 4.22. The lowest BCUT2D eigenvalue weighted by atomic mass is 10.0. The molecule has 3 rings (SSSR count). The van der Waals surface area contributed by atoms with Gasteiger partial charge in [-0.1, -0.05) is 37.3 Å². The summed E-state index contributed by atoms with van der Waals surface area (Å²) in [5.74, 6) is -0.571. The van der Waals surface area contributed by atoms with Crippen LogP contribution in [0.25, 0.3) is 0 Å². The van der Waals surface area contributed by atoms with Crippen LogP contribution in [0.3, 0.4) is 0 Å². The number of rotatable bonds is 8. The topological polar surface area (TPSA) is 77.4 Å². The third-order valence-electron chi connectivity index (χ3n) is 5.05. The van der Waals surface area contributed by atoms with Gasteiger partial charge in [0.1, 0.15) is 0 Å². The van der Waals surface area contributed by atoms with Crippen LogP contribution in [-0.4, -0.2) is 35.0 Å². The van der Waals surface area contributed by atoms with E-state index in [1.54, 1.807) is 13.1 Å². The van der Waals surface area contributed by atoms with E-state index in [-0.39, 0.29) is 47.4 Å². The summed E-state index contributed by atoms with van der Waals surface area (Å²) in [5, 5.41) is 2.92. The first kappa shape index (κ1) is 20.0. The molecule has 1 aromatic carbocycles. The van der Waals surface area contributed by atoms with E-state index < -0.39 is 0 Å². The fraction of sp³-hybridized carbons (Fsp3) is 0.409. The van der Waals surface area contributed by atoms with Gasteiger partial charge >= 0.3 is 0 Å². The van der Waals surface area contributed by atoms with Crippen molar-refractivity contribution in [3.05, 3.63) is 69.6 Å². The van der Waals surface area contributed by atoms with Crippen LogP contribution in [0.1, 0.15) is 65.9 Å². The molecule has 148 valence electrons. The number of benzene rings is 1. The number of hydrogen-bond donors (Lipinski definition) is 1. The second-order valence-corrected chi connectivity index (χ2v) is 7.03. The van der Waals surface area contributed by atoms with Gasteiger partial charge in [0.25, 0.3) is 11.5 Å². The van der Waals surface area contributed by atoms with Crippen molar-refractivity contribution < 1.29 is 14.3 Å². The summed E-state index contributed by atoms with van der Waals surface area (Å²) in [6.45, 7) is 6.10. The van der Waals surface area contributed by atoms with E-state index in [1.165, 1.54) is 10.6 Å². The molecule has 28 heavy (non-hydrogen) atoms. The molecule has 0 aliphatic heterocycles. The average Bonchev–Trinajstić information content (AvgIpc) is 3.45. The molecule has 0 radical (unpaired) electrons. The molecule has 1 N–H and O–H groups in total. The van der Waals surface area contributed by atoms with Crippen LogP contribution in [0.2, 0.25) is 0 Å². The summed E-state index contributed by atoms with van der Waals surface area (Å²) in [6, 6.07) is 10.6. The molecule has 1 heterocycles. The predicted octanol–water partition coefficient (Wildman–Crippen LogP) is 2.96. The van der Waals surface area contributed by atoms with Gasteiger partial charge in [-0.15, -0.1) is 0 Å². The molecule has 3 atom stereocenters. The quantitative estimate of drug-likeness (QED) is 0.712. The van der Waals surface area contributed by atoms with E-state index in [9.17, 15) is 14.4 Å². The first-order chi connectivity index (χ1) is 13.5. The average molecular weight is 382 g/mol. The van der Waals surface area contributed by atoms with Crippen molar-refractivity contribution >= 4 is 11.7 Å². The monoisotopic (exact) mass is 382 g/mol. The second kappa shape index (κ2) is 8.52. The summed E-state index contributed by atoms with van der Waals surface area (Å²) in [5.41, 5.74) is 0.908. The van der Waals surface area contributed by atoms with Gasteiger partial charge in [0.15, 0.2) is 5.78 Å². The Morgan fingerprint density at radius 3 is 2.61 bits per heavy atom. The lowest BCUT2D eigenvalue weighted by molar-refractivity contribution is 0.0914. The molecule has 6 heteroatoms. The summed E-state index contributed by atoms with van der Waals surface area (Å²) >= 11 is 0. The van der Waals surface area contributed by atoms with Gasteiger partial charge in [0, 0.05) is 19.2 Å². The van der Waals surface area contributed by atoms with Crippen molar-refractivity contribution in [3.8, 4) is 0 Å². The Morgan fingerprint density at radius 2 is 1.96 bits per heavy atom. The van der Waals surface area contributed by atoms with Gasteiger partial charge in [-0.3, -0.25) is 14.4 Å². The van der Waals surface area contributed by atoms with Crippen molar-refractivity contribution in [2.24, 2.45) is 0 Å². The molecule has 1 fully saturated rings. The number of hydrogen-bond acceptors (Lipinski definition) is 4. The normalized spacial score (nSPS) is 19.1. The van der Waals surface area contributed by atoms with Crippen LogP contribution in [0.4, 0.5) is 0 Å². The Kier molecular flexibility index (Phi) is 6.09. The molecule has 1 amide bonds. The van der Waals surface area contributed by atoms with Gasteiger partial charge in [-0.25, -0.2) is 0 Å². The van der Waals surface area contributed by atoms with Gasteiger partial charge < -0.3 is 14.6 Å². The number of nitrogens with one attached hydrogen (secondary N) is 1. The Balaban J connectivity index is 1.95. The van der Waals surface area contributed by atoms with Gasteiger partial charge in [-0.2, -0.15) is 0 Å². The smallest absolute Gasteiger partial charge is 0.262 e. The van der Waals surface area contributed by atoms with Gasteiger partial charge in [-0.05, 0) is 31.9 Å². The van der Waals surface area contributed by atoms with Crippen LogP contribution in [0.15, 0.2) is 47.4 Å². The van der Waals surface area contributed by atoms with E-state index in [2.05, 4.69) is 5.32 Å². The fourth-order valence-electron chi connectivity index (χ4n) is 3.27. The number of carbonyl (C=O) groups excluding carboxylic acids is 2. The lowest BCUT2D eigenvalue weighted by Crippen LogP contribution is -2.33. The first-order valence-electron chi connectivity index (χ1n) is 9.73. The van der Waals surface area contributed by atoms with E-state index in [0.29, 0.717) is 12.2 Å². The first-order valence-corrected chi connectivity index (χ1v) is 9.73. The number of nitrogens with zero attached hydrogens (tertiary/aromatic N) is 1. The van der Waals surface area contributed by atoms with Crippen molar-refractivity contribution in [3.63, 3.8) is 0 Å². The number of aromatic nitrogens is 1. The largest absolute Gasteiger partial charge is 0.376 e. The summed E-state index contributed by atoms with van der Waals surface area (Å²) in [4.78, 5) is 38.0. The Labute approximate surface area is 164 Å². The molecule has 1 aromatic heterocycles. The fourth-order valence-corrected chi connectivity index (χ4v) is 3.27. The van der Waals surface area contributed by atoms with Crippen LogP contribution < -0.4 is 10.9 Å². The van der Waals surface area contributed by atoms with Gasteiger partial charge in [0.05, 0.1) is 29.3 Å². The molecule has 1 aliphatic rings. The lowest BCUT2D eigenvalue weighted by Gasteiger charge is -2.18. The van der Waals surface area contributed by atoms with Crippen LogP contribution in [0.5, 0.6) is 0 Å². The van der Waals surface area contributed by atoms with Crippen molar-refractivity contribution in [1.82, 2.24) is 9.88 Å². The van der Waals surface area contributed by atoms with E-state index in [1.807, 2.05) is 44.2 Å². The summed E-state index contributed by atoms with van der Waals surface area (Å²) in [7, 11) is 0. The summed E-state index contributed by atoms with van der Waals surface area (Å²) < 4.78 is 6.97. The SMILES string of the molecule is CCOC1CC1NC(=O)c1cc(C(=O)CC)c(=O)n([C@H](C)c2ccccc2)c1. The molecule has 1 saturated carbocycles. The maximum Gasteiger partial charge on any atom is 0.262 e. The minimum atomic E-state index is -0.377. The highest BCUT2D eigenvalue weighted by molar-refractivity contribution is 6.00. The van der Waals surface area contributed by atoms with E-state index >= 15 is 0 Å². The number of carbonyl (C=O) groups is 2. The third-order valence-corrected chi connectivity index (χ3v) is 5.05. The van der Waals surface area contributed by atoms with Gasteiger partial charge in [0.2, 0.25) is 0 Å². The molecule has 1 aliphatic carbocycles. The zero-order valence-corrected chi connectivity index (χ0v) is 16.5. The van der Waals surface area contributed by atoms with Crippen molar-refractivity contribution in [1.29, 1.82) is 0 Å². The number of pyridine rings is 1. The Hall–Kier alpha value is -2.73. The molecular formula is C22H26N2O4.